The fraction of sp³-hybridized carbons (Fsp3) is 0.571. The minimum Gasteiger partial charge on any atom is -0.463 e. The van der Waals surface area contributed by atoms with E-state index in [1.54, 1.807) is 19.1 Å². The van der Waals surface area contributed by atoms with Crippen LogP contribution in [0.4, 0.5) is 0 Å². The SMILES string of the molecule is COC(=O)c1ccc(CN2CCCN(C(C)=O)CC2)o1. The van der Waals surface area contributed by atoms with Gasteiger partial charge >= 0.3 is 5.97 Å². The van der Waals surface area contributed by atoms with Crippen LogP contribution in [0.2, 0.25) is 0 Å². The monoisotopic (exact) mass is 280 g/mol. The van der Waals surface area contributed by atoms with Gasteiger partial charge in [0.25, 0.3) is 0 Å². The lowest BCUT2D eigenvalue weighted by molar-refractivity contribution is -0.128. The Morgan fingerprint density at radius 1 is 1.25 bits per heavy atom. The van der Waals surface area contributed by atoms with Gasteiger partial charge in [-0.15, -0.1) is 0 Å². The third-order valence-electron chi connectivity index (χ3n) is 3.46. The van der Waals surface area contributed by atoms with Crippen LogP contribution in [0, 0.1) is 0 Å². The number of carbonyl (C=O) groups is 2. The normalized spacial score (nSPS) is 16.8. The van der Waals surface area contributed by atoms with E-state index in [1.165, 1.54) is 7.11 Å². The second-order valence-electron chi connectivity index (χ2n) is 4.89. The van der Waals surface area contributed by atoms with E-state index in [2.05, 4.69) is 9.64 Å². The first-order valence-electron chi connectivity index (χ1n) is 6.75. The molecular formula is C14H20N2O4. The molecule has 1 fully saturated rings. The molecule has 0 N–H and O–H groups in total. The maximum atomic E-state index is 11.4. The summed E-state index contributed by atoms with van der Waals surface area (Å²) in [5.74, 6) is 0.622. The summed E-state index contributed by atoms with van der Waals surface area (Å²) in [5, 5.41) is 0. The van der Waals surface area contributed by atoms with E-state index < -0.39 is 5.97 Å². The average Bonchev–Trinajstić information content (AvgIpc) is 2.76. The molecule has 20 heavy (non-hydrogen) atoms. The fourth-order valence-electron chi connectivity index (χ4n) is 2.34. The van der Waals surface area contributed by atoms with Gasteiger partial charge in [0.2, 0.25) is 11.7 Å². The van der Waals surface area contributed by atoms with Gasteiger partial charge in [0, 0.05) is 33.1 Å². The smallest absolute Gasteiger partial charge is 0.373 e. The molecule has 1 aliphatic rings. The Bertz CT molecular complexity index is 483. The van der Waals surface area contributed by atoms with E-state index >= 15 is 0 Å². The summed E-state index contributed by atoms with van der Waals surface area (Å²) in [5.41, 5.74) is 0. The Morgan fingerprint density at radius 2 is 2.05 bits per heavy atom. The van der Waals surface area contributed by atoms with E-state index in [0.29, 0.717) is 6.54 Å². The largest absolute Gasteiger partial charge is 0.463 e. The van der Waals surface area contributed by atoms with Crippen LogP contribution in [0.15, 0.2) is 16.5 Å². The van der Waals surface area contributed by atoms with E-state index in [9.17, 15) is 9.59 Å². The summed E-state index contributed by atoms with van der Waals surface area (Å²) in [6.45, 7) is 5.51. The molecule has 2 heterocycles. The molecule has 0 aromatic carbocycles. The third-order valence-corrected chi connectivity index (χ3v) is 3.46. The molecule has 6 nitrogen and oxygen atoms in total. The zero-order chi connectivity index (χ0) is 14.5. The van der Waals surface area contributed by atoms with Crippen LogP contribution < -0.4 is 0 Å². The van der Waals surface area contributed by atoms with Gasteiger partial charge in [0.1, 0.15) is 5.76 Å². The molecule has 1 aromatic heterocycles. The van der Waals surface area contributed by atoms with Gasteiger partial charge in [-0.25, -0.2) is 4.79 Å². The van der Waals surface area contributed by atoms with Crippen molar-refractivity contribution in [1.29, 1.82) is 0 Å². The van der Waals surface area contributed by atoms with Crippen LogP contribution in [0.3, 0.4) is 0 Å². The lowest BCUT2D eigenvalue weighted by Crippen LogP contribution is -2.33. The van der Waals surface area contributed by atoms with Crippen LogP contribution in [0.1, 0.15) is 29.7 Å². The van der Waals surface area contributed by atoms with Crippen LogP contribution in [-0.2, 0) is 16.1 Å². The van der Waals surface area contributed by atoms with Gasteiger partial charge < -0.3 is 14.1 Å². The highest BCUT2D eigenvalue weighted by Crippen LogP contribution is 2.13. The predicted octanol–water partition coefficient (Wildman–Crippen LogP) is 1.12. The first kappa shape index (κ1) is 14.6. The van der Waals surface area contributed by atoms with Crippen LogP contribution in [-0.4, -0.2) is 55.0 Å². The number of nitrogens with zero attached hydrogens (tertiary/aromatic N) is 2. The number of amides is 1. The molecular weight excluding hydrogens is 260 g/mol. The number of esters is 1. The maximum absolute atomic E-state index is 11.4. The summed E-state index contributed by atoms with van der Waals surface area (Å²) < 4.78 is 10.1. The molecule has 0 atom stereocenters. The van der Waals surface area contributed by atoms with Crippen molar-refractivity contribution in [3.05, 3.63) is 23.7 Å². The maximum Gasteiger partial charge on any atom is 0.373 e. The van der Waals surface area contributed by atoms with Gasteiger partial charge in [-0.3, -0.25) is 9.69 Å². The topological polar surface area (TPSA) is 63.0 Å². The summed E-state index contributed by atoms with van der Waals surface area (Å²) >= 11 is 0. The lowest BCUT2D eigenvalue weighted by atomic mass is 10.3. The van der Waals surface area contributed by atoms with Crippen molar-refractivity contribution in [3.63, 3.8) is 0 Å². The molecule has 1 aliphatic heterocycles. The van der Waals surface area contributed by atoms with E-state index in [-0.39, 0.29) is 11.7 Å². The van der Waals surface area contributed by atoms with Crippen LogP contribution >= 0.6 is 0 Å². The third kappa shape index (κ3) is 3.60. The van der Waals surface area contributed by atoms with Crippen molar-refractivity contribution < 1.29 is 18.7 Å². The molecule has 2 rings (SSSR count). The van der Waals surface area contributed by atoms with Crippen molar-refractivity contribution >= 4 is 11.9 Å². The van der Waals surface area contributed by atoms with Gasteiger partial charge in [-0.05, 0) is 18.6 Å². The lowest BCUT2D eigenvalue weighted by Gasteiger charge is -2.20. The molecule has 6 heteroatoms. The fourth-order valence-corrected chi connectivity index (χ4v) is 2.34. The highest BCUT2D eigenvalue weighted by atomic mass is 16.5. The van der Waals surface area contributed by atoms with Gasteiger partial charge in [0.05, 0.1) is 13.7 Å². The molecule has 0 unspecified atom stereocenters. The standard InChI is InChI=1S/C14H20N2O4/c1-11(17)16-7-3-6-15(8-9-16)10-12-4-5-13(20-12)14(18)19-2/h4-5H,3,6-10H2,1-2H3. The first-order valence-corrected chi connectivity index (χ1v) is 6.75. The van der Waals surface area contributed by atoms with Crippen molar-refractivity contribution in [3.8, 4) is 0 Å². The molecule has 0 radical (unpaired) electrons. The zero-order valence-electron chi connectivity index (χ0n) is 11.9. The first-order chi connectivity index (χ1) is 9.60. The Hall–Kier alpha value is -1.82. The van der Waals surface area contributed by atoms with Crippen LogP contribution in [0.25, 0.3) is 0 Å². The number of hydrogen-bond donors (Lipinski definition) is 0. The number of methoxy groups -OCH3 is 1. The van der Waals surface area contributed by atoms with Crippen molar-refractivity contribution in [1.82, 2.24) is 9.80 Å². The number of rotatable bonds is 3. The Kier molecular flexibility index (Phi) is 4.79. The molecule has 110 valence electrons. The van der Waals surface area contributed by atoms with E-state index in [0.717, 1.165) is 38.4 Å². The van der Waals surface area contributed by atoms with Gasteiger partial charge in [-0.2, -0.15) is 0 Å². The van der Waals surface area contributed by atoms with Crippen molar-refractivity contribution in [2.75, 3.05) is 33.3 Å². The van der Waals surface area contributed by atoms with Gasteiger partial charge in [-0.1, -0.05) is 0 Å². The Morgan fingerprint density at radius 3 is 2.75 bits per heavy atom. The average molecular weight is 280 g/mol. The Balaban J connectivity index is 1.91. The number of furan rings is 1. The quantitative estimate of drug-likeness (QED) is 0.776. The molecule has 0 saturated carbocycles. The van der Waals surface area contributed by atoms with E-state index in [4.69, 9.17) is 4.42 Å². The number of carbonyl (C=O) groups excluding carboxylic acids is 2. The number of ether oxygens (including phenoxy) is 1. The minimum atomic E-state index is -0.463. The molecule has 1 amide bonds. The molecule has 0 bridgehead atoms. The minimum absolute atomic E-state index is 0.123. The second kappa shape index (κ2) is 6.56. The summed E-state index contributed by atoms with van der Waals surface area (Å²) in [4.78, 5) is 26.8. The zero-order valence-corrected chi connectivity index (χ0v) is 11.9. The molecule has 1 aromatic rings. The second-order valence-corrected chi connectivity index (χ2v) is 4.89. The van der Waals surface area contributed by atoms with Crippen molar-refractivity contribution in [2.24, 2.45) is 0 Å². The van der Waals surface area contributed by atoms with Crippen LogP contribution in [0.5, 0.6) is 0 Å². The number of hydrogen-bond acceptors (Lipinski definition) is 5. The Labute approximate surface area is 118 Å². The van der Waals surface area contributed by atoms with Crippen molar-refractivity contribution in [2.45, 2.75) is 19.9 Å². The van der Waals surface area contributed by atoms with E-state index in [1.807, 2.05) is 4.90 Å². The molecule has 0 aliphatic carbocycles. The highest BCUT2D eigenvalue weighted by molar-refractivity contribution is 5.86. The molecule has 0 spiro atoms. The van der Waals surface area contributed by atoms with Gasteiger partial charge in [0.15, 0.2) is 0 Å². The summed E-state index contributed by atoms with van der Waals surface area (Å²) in [7, 11) is 1.33. The summed E-state index contributed by atoms with van der Waals surface area (Å²) in [6, 6.07) is 3.42. The summed E-state index contributed by atoms with van der Waals surface area (Å²) in [6.07, 6.45) is 0.949. The predicted molar refractivity (Wildman–Crippen MR) is 72.2 cm³/mol. The highest BCUT2D eigenvalue weighted by Gasteiger charge is 2.18. The molecule has 1 saturated heterocycles.